The summed E-state index contributed by atoms with van der Waals surface area (Å²) >= 11 is 1.40. The second-order valence-electron chi connectivity index (χ2n) is 5.61. The Morgan fingerprint density at radius 3 is 2.46 bits per heavy atom. The topological polar surface area (TPSA) is 85.1 Å². The number of fused-ring (bicyclic) bond motifs is 1. The summed E-state index contributed by atoms with van der Waals surface area (Å²) in [5.41, 5.74) is 3.68. The lowest BCUT2D eigenvalue weighted by Crippen LogP contribution is -2.12. The van der Waals surface area contributed by atoms with E-state index in [0.29, 0.717) is 10.7 Å². The number of amides is 1. The third-order valence-corrected chi connectivity index (χ3v) is 4.94. The number of carbonyl (C=O) groups is 1. The number of nitrogens with zero attached hydrogens (tertiary/aromatic N) is 2. The second kappa shape index (κ2) is 6.01. The minimum atomic E-state index is -0.490. The lowest BCUT2D eigenvalue weighted by Gasteiger charge is -2.03. The van der Waals surface area contributed by atoms with E-state index < -0.39 is 10.8 Å². The number of hydrogen-bond acceptors (Lipinski definition) is 5. The van der Waals surface area contributed by atoms with Crippen molar-refractivity contribution in [3.05, 3.63) is 62.7 Å². The highest BCUT2D eigenvalue weighted by Crippen LogP contribution is 2.31. The maximum Gasteiger partial charge on any atom is 0.273 e. The molecule has 0 radical (unpaired) electrons. The van der Waals surface area contributed by atoms with E-state index in [1.54, 1.807) is 19.1 Å². The summed E-state index contributed by atoms with van der Waals surface area (Å²) < 4.78 is 1.03. The fourth-order valence-electron chi connectivity index (χ4n) is 2.43. The molecule has 3 aromatic rings. The minimum absolute atomic E-state index is 0.0707. The van der Waals surface area contributed by atoms with Gasteiger partial charge in [-0.05, 0) is 38.0 Å². The molecule has 1 heterocycles. The van der Waals surface area contributed by atoms with Crippen molar-refractivity contribution in [3.8, 4) is 0 Å². The van der Waals surface area contributed by atoms with E-state index in [1.165, 1.54) is 17.4 Å². The molecule has 7 heteroatoms. The van der Waals surface area contributed by atoms with E-state index in [2.05, 4.69) is 10.3 Å². The number of nitrogens with one attached hydrogen (secondary N) is 1. The number of nitro groups is 1. The minimum Gasteiger partial charge on any atom is -0.298 e. The van der Waals surface area contributed by atoms with Crippen molar-refractivity contribution in [2.75, 3.05) is 5.32 Å². The Kier molecular flexibility index (Phi) is 4.02. The van der Waals surface area contributed by atoms with E-state index in [9.17, 15) is 14.9 Å². The predicted molar refractivity (Wildman–Crippen MR) is 94.9 cm³/mol. The van der Waals surface area contributed by atoms with Crippen LogP contribution < -0.4 is 5.32 Å². The predicted octanol–water partition coefficient (Wildman–Crippen LogP) is 4.38. The lowest BCUT2D eigenvalue weighted by atomic mass is 10.1. The van der Waals surface area contributed by atoms with E-state index in [1.807, 2.05) is 26.0 Å². The first-order chi connectivity index (χ1) is 11.4. The Balaban J connectivity index is 1.93. The molecular weight excluding hydrogens is 326 g/mol. The molecule has 0 bridgehead atoms. The SMILES string of the molecule is Cc1ccc(C(=O)Nc2nc3c(C)ccc(C)c3s2)cc1[N+](=O)[O-]. The fourth-order valence-corrected chi connectivity index (χ4v) is 3.44. The van der Waals surface area contributed by atoms with Gasteiger partial charge >= 0.3 is 0 Å². The number of anilines is 1. The maximum absolute atomic E-state index is 12.4. The number of hydrogen-bond donors (Lipinski definition) is 1. The summed E-state index contributed by atoms with van der Waals surface area (Å²) in [6.45, 7) is 5.60. The number of aromatic nitrogens is 1. The molecule has 122 valence electrons. The van der Waals surface area contributed by atoms with Gasteiger partial charge in [-0.2, -0.15) is 0 Å². The van der Waals surface area contributed by atoms with Crippen LogP contribution in [-0.4, -0.2) is 15.8 Å². The molecule has 24 heavy (non-hydrogen) atoms. The van der Waals surface area contributed by atoms with Crippen molar-refractivity contribution in [3.63, 3.8) is 0 Å². The monoisotopic (exact) mass is 341 g/mol. The first kappa shape index (κ1) is 16.1. The molecule has 3 rings (SSSR count). The number of aryl methyl sites for hydroxylation is 3. The average molecular weight is 341 g/mol. The van der Waals surface area contributed by atoms with Gasteiger partial charge in [0, 0.05) is 17.2 Å². The normalized spacial score (nSPS) is 10.8. The molecule has 0 aliphatic rings. The van der Waals surface area contributed by atoms with Crippen LogP contribution in [0.25, 0.3) is 10.2 Å². The van der Waals surface area contributed by atoms with Gasteiger partial charge in [0.2, 0.25) is 0 Å². The van der Waals surface area contributed by atoms with Crippen LogP contribution in [0, 0.1) is 30.9 Å². The van der Waals surface area contributed by atoms with Gasteiger partial charge in [0.1, 0.15) is 0 Å². The van der Waals surface area contributed by atoms with Crippen molar-refractivity contribution in [1.82, 2.24) is 4.98 Å². The van der Waals surface area contributed by atoms with Crippen molar-refractivity contribution in [2.24, 2.45) is 0 Å². The molecule has 6 nitrogen and oxygen atoms in total. The summed E-state index contributed by atoms with van der Waals surface area (Å²) in [6.07, 6.45) is 0. The number of rotatable bonds is 3. The van der Waals surface area contributed by atoms with Gasteiger partial charge in [0.05, 0.1) is 15.1 Å². The van der Waals surface area contributed by atoms with Crippen LogP contribution in [0.1, 0.15) is 27.0 Å². The van der Waals surface area contributed by atoms with E-state index >= 15 is 0 Å². The van der Waals surface area contributed by atoms with Gasteiger partial charge in [-0.25, -0.2) is 4.98 Å². The number of benzene rings is 2. The number of thiazole rings is 1. The Bertz CT molecular complexity index is 940. The number of nitro benzene ring substituents is 1. The van der Waals surface area contributed by atoms with Crippen LogP contribution in [0.15, 0.2) is 30.3 Å². The van der Waals surface area contributed by atoms with E-state index in [-0.39, 0.29) is 11.3 Å². The summed E-state index contributed by atoms with van der Waals surface area (Å²) in [4.78, 5) is 27.4. The molecule has 0 fully saturated rings. The van der Waals surface area contributed by atoms with Crippen LogP contribution in [0.4, 0.5) is 10.8 Å². The summed E-state index contributed by atoms with van der Waals surface area (Å²) in [5, 5.41) is 14.2. The molecule has 0 aliphatic carbocycles. The first-order valence-corrected chi connectivity index (χ1v) is 8.11. The Hall–Kier alpha value is -2.80. The maximum atomic E-state index is 12.4. The lowest BCUT2D eigenvalue weighted by molar-refractivity contribution is -0.385. The quantitative estimate of drug-likeness (QED) is 0.566. The summed E-state index contributed by atoms with van der Waals surface area (Å²) in [5.74, 6) is -0.410. The molecule has 1 aromatic heterocycles. The van der Waals surface area contributed by atoms with Crippen LogP contribution >= 0.6 is 11.3 Å². The zero-order valence-corrected chi connectivity index (χ0v) is 14.2. The third-order valence-electron chi connectivity index (χ3n) is 3.83. The van der Waals surface area contributed by atoms with Crippen molar-refractivity contribution >= 4 is 38.3 Å². The Labute approximate surface area is 142 Å². The summed E-state index contributed by atoms with van der Waals surface area (Å²) in [7, 11) is 0. The van der Waals surface area contributed by atoms with Crippen molar-refractivity contribution in [2.45, 2.75) is 20.8 Å². The van der Waals surface area contributed by atoms with Gasteiger partial charge in [-0.3, -0.25) is 20.2 Å². The Morgan fingerprint density at radius 1 is 1.12 bits per heavy atom. The van der Waals surface area contributed by atoms with Gasteiger partial charge in [-0.1, -0.05) is 29.5 Å². The third kappa shape index (κ3) is 2.85. The highest BCUT2D eigenvalue weighted by atomic mass is 32.1. The molecule has 0 unspecified atom stereocenters. The highest BCUT2D eigenvalue weighted by molar-refractivity contribution is 7.22. The largest absolute Gasteiger partial charge is 0.298 e. The summed E-state index contributed by atoms with van der Waals surface area (Å²) in [6, 6.07) is 8.44. The van der Waals surface area contributed by atoms with Crippen LogP contribution in [0.5, 0.6) is 0 Å². The standard InChI is InChI=1S/C17H15N3O3S/c1-9-6-7-12(8-13(9)20(22)23)16(21)19-17-18-14-10(2)4-5-11(3)15(14)24-17/h4-8H,1-3H3,(H,18,19,21). The highest BCUT2D eigenvalue weighted by Gasteiger charge is 2.17. The van der Waals surface area contributed by atoms with Crippen LogP contribution in [-0.2, 0) is 0 Å². The van der Waals surface area contributed by atoms with Crippen molar-refractivity contribution in [1.29, 1.82) is 0 Å². The molecule has 0 saturated carbocycles. The molecule has 0 atom stereocenters. The molecular formula is C17H15N3O3S. The van der Waals surface area contributed by atoms with E-state index in [4.69, 9.17) is 0 Å². The fraction of sp³-hybridized carbons (Fsp3) is 0.176. The van der Waals surface area contributed by atoms with Crippen molar-refractivity contribution < 1.29 is 9.72 Å². The average Bonchev–Trinajstić information content (AvgIpc) is 2.96. The molecule has 1 N–H and O–H groups in total. The van der Waals surface area contributed by atoms with Gasteiger partial charge in [-0.15, -0.1) is 0 Å². The molecule has 2 aromatic carbocycles. The van der Waals surface area contributed by atoms with Crippen LogP contribution in [0.2, 0.25) is 0 Å². The molecule has 0 aliphatic heterocycles. The molecule has 1 amide bonds. The first-order valence-electron chi connectivity index (χ1n) is 7.30. The zero-order valence-electron chi connectivity index (χ0n) is 13.4. The second-order valence-corrected chi connectivity index (χ2v) is 6.61. The smallest absolute Gasteiger partial charge is 0.273 e. The van der Waals surface area contributed by atoms with Gasteiger partial charge in [0.15, 0.2) is 5.13 Å². The molecule has 0 saturated heterocycles. The molecule has 0 spiro atoms. The van der Waals surface area contributed by atoms with Gasteiger partial charge in [0.25, 0.3) is 11.6 Å². The zero-order chi connectivity index (χ0) is 17.4. The van der Waals surface area contributed by atoms with E-state index in [0.717, 1.165) is 21.3 Å². The number of carbonyl (C=O) groups excluding carboxylic acids is 1. The van der Waals surface area contributed by atoms with Gasteiger partial charge < -0.3 is 0 Å². The van der Waals surface area contributed by atoms with Crippen LogP contribution in [0.3, 0.4) is 0 Å². The Morgan fingerprint density at radius 2 is 1.79 bits per heavy atom.